The second-order valence-corrected chi connectivity index (χ2v) is 5.71. The molecule has 20 heavy (non-hydrogen) atoms. The molecule has 1 heterocycles. The van der Waals surface area contributed by atoms with Crippen molar-refractivity contribution in [3.05, 3.63) is 23.3 Å². The summed E-state index contributed by atoms with van der Waals surface area (Å²) >= 11 is 0.753. The van der Waals surface area contributed by atoms with Gasteiger partial charge in [-0.2, -0.15) is 13.2 Å². The number of urea groups is 1. The fourth-order valence-electron chi connectivity index (χ4n) is 2.13. The van der Waals surface area contributed by atoms with E-state index in [4.69, 9.17) is 0 Å². The van der Waals surface area contributed by atoms with Crippen molar-refractivity contribution >= 4 is 23.5 Å². The maximum absolute atomic E-state index is 12.3. The molecule has 0 spiro atoms. The van der Waals surface area contributed by atoms with Crippen molar-refractivity contribution in [2.45, 2.75) is 24.9 Å². The van der Waals surface area contributed by atoms with E-state index >= 15 is 0 Å². The van der Waals surface area contributed by atoms with E-state index in [0.717, 1.165) is 22.9 Å². The van der Waals surface area contributed by atoms with Crippen molar-refractivity contribution in [3.63, 3.8) is 0 Å². The fraction of sp³-hybridized carbons (Fsp3) is 0.462. The molecular weight excluding hydrogens is 289 g/mol. The van der Waals surface area contributed by atoms with E-state index in [-0.39, 0.29) is 6.03 Å². The highest BCUT2D eigenvalue weighted by Crippen LogP contribution is 2.34. The van der Waals surface area contributed by atoms with Crippen LogP contribution in [0.15, 0.2) is 17.0 Å². The highest BCUT2D eigenvalue weighted by molar-refractivity contribution is 7.99. The Morgan fingerprint density at radius 3 is 2.55 bits per heavy atom. The number of carbonyl (C=O) groups is 1. The second kappa shape index (κ2) is 5.55. The van der Waals surface area contributed by atoms with Crippen LogP contribution in [0.25, 0.3) is 0 Å². The molecule has 0 bridgehead atoms. The standard InChI is InChI=1S/C13H15F3N2OS/c1-8-5-9(2)11(20-7-13(14,15)16)6-10(8)18-4-3-17-12(18)19/h5-6H,3-4,7H2,1-2H3,(H,17,19). The van der Waals surface area contributed by atoms with Crippen LogP contribution in [0.1, 0.15) is 11.1 Å². The Kier molecular flexibility index (Phi) is 4.17. The van der Waals surface area contributed by atoms with Gasteiger partial charge in [-0.3, -0.25) is 4.90 Å². The van der Waals surface area contributed by atoms with Crippen LogP contribution >= 0.6 is 11.8 Å². The Balaban J connectivity index is 2.27. The van der Waals surface area contributed by atoms with Crippen LogP contribution < -0.4 is 10.2 Å². The average Bonchev–Trinajstić information content (AvgIpc) is 2.73. The van der Waals surface area contributed by atoms with E-state index in [1.54, 1.807) is 17.9 Å². The highest BCUT2D eigenvalue weighted by atomic mass is 32.2. The summed E-state index contributed by atoms with van der Waals surface area (Å²) in [5.74, 6) is -0.928. The number of carbonyl (C=O) groups excluding carboxylic acids is 1. The Labute approximate surface area is 119 Å². The lowest BCUT2D eigenvalue weighted by Crippen LogP contribution is -2.28. The number of anilines is 1. The van der Waals surface area contributed by atoms with Gasteiger partial charge in [0.2, 0.25) is 0 Å². The van der Waals surface area contributed by atoms with Crippen molar-refractivity contribution in [1.82, 2.24) is 5.32 Å². The van der Waals surface area contributed by atoms with Gasteiger partial charge in [-0.25, -0.2) is 4.79 Å². The van der Waals surface area contributed by atoms with E-state index in [0.29, 0.717) is 23.7 Å². The maximum Gasteiger partial charge on any atom is 0.398 e. The number of amides is 2. The molecule has 1 aliphatic rings. The predicted octanol–water partition coefficient (Wildman–Crippen LogP) is 3.49. The van der Waals surface area contributed by atoms with E-state index < -0.39 is 11.9 Å². The minimum absolute atomic E-state index is 0.205. The molecule has 1 N–H and O–H groups in total. The maximum atomic E-state index is 12.3. The molecule has 0 saturated carbocycles. The molecule has 2 rings (SSSR count). The van der Waals surface area contributed by atoms with Crippen molar-refractivity contribution < 1.29 is 18.0 Å². The van der Waals surface area contributed by atoms with Crippen LogP contribution in [0.4, 0.5) is 23.7 Å². The van der Waals surface area contributed by atoms with Gasteiger partial charge in [-0.05, 0) is 31.0 Å². The van der Waals surface area contributed by atoms with E-state index in [2.05, 4.69) is 5.32 Å². The van der Waals surface area contributed by atoms with Crippen molar-refractivity contribution in [2.75, 3.05) is 23.7 Å². The van der Waals surface area contributed by atoms with Crippen LogP contribution in [0, 0.1) is 13.8 Å². The summed E-state index contributed by atoms with van der Waals surface area (Å²) in [6, 6.07) is 3.29. The molecule has 1 aliphatic heterocycles. The predicted molar refractivity (Wildman–Crippen MR) is 73.4 cm³/mol. The van der Waals surface area contributed by atoms with E-state index in [1.807, 2.05) is 13.0 Å². The third-order valence-electron chi connectivity index (χ3n) is 3.03. The van der Waals surface area contributed by atoms with Gasteiger partial charge in [0.15, 0.2) is 0 Å². The van der Waals surface area contributed by atoms with Crippen molar-refractivity contribution in [3.8, 4) is 0 Å². The largest absolute Gasteiger partial charge is 0.398 e. The highest BCUT2D eigenvalue weighted by Gasteiger charge is 2.28. The Bertz CT molecular complexity index is 531. The normalized spacial score (nSPS) is 15.7. The molecule has 110 valence electrons. The lowest BCUT2D eigenvalue weighted by Gasteiger charge is -2.19. The molecule has 1 fully saturated rings. The molecule has 1 aromatic carbocycles. The van der Waals surface area contributed by atoms with Crippen LogP contribution in [0.2, 0.25) is 0 Å². The smallest absolute Gasteiger partial charge is 0.336 e. The summed E-state index contributed by atoms with van der Waals surface area (Å²) in [4.78, 5) is 13.8. The first-order valence-corrected chi connectivity index (χ1v) is 7.12. The summed E-state index contributed by atoms with van der Waals surface area (Å²) in [6.07, 6.45) is -4.20. The Morgan fingerprint density at radius 1 is 1.30 bits per heavy atom. The summed E-state index contributed by atoms with van der Waals surface area (Å²) in [6.45, 7) is 4.72. The molecule has 1 saturated heterocycles. The van der Waals surface area contributed by atoms with Crippen molar-refractivity contribution in [1.29, 1.82) is 0 Å². The first-order valence-electron chi connectivity index (χ1n) is 6.14. The fourth-order valence-corrected chi connectivity index (χ4v) is 2.93. The minimum Gasteiger partial charge on any atom is -0.336 e. The molecule has 0 unspecified atom stereocenters. The van der Waals surface area contributed by atoms with Crippen LogP contribution in [-0.4, -0.2) is 31.0 Å². The number of hydrogen-bond donors (Lipinski definition) is 1. The van der Waals surface area contributed by atoms with Gasteiger partial charge in [-0.15, -0.1) is 11.8 Å². The average molecular weight is 304 g/mol. The first-order chi connectivity index (χ1) is 9.28. The lowest BCUT2D eigenvalue weighted by atomic mass is 10.1. The monoisotopic (exact) mass is 304 g/mol. The lowest BCUT2D eigenvalue weighted by molar-refractivity contribution is -0.105. The molecule has 0 atom stereocenters. The summed E-state index contributed by atoms with van der Waals surface area (Å²) in [7, 11) is 0. The molecule has 7 heteroatoms. The number of thioether (sulfide) groups is 1. The zero-order chi connectivity index (χ0) is 14.9. The summed E-state index contributed by atoms with van der Waals surface area (Å²) in [5.41, 5.74) is 2.35. The van der Waals surface area contributed by atoms with Gasteiger partial charge in [0.1, 0.15) is 0 Å². The second-order valence-electron chi connectivity index (χ2n) is 4.69. The van der Waals surface area contributed by atoms with E-state index in [1.165, 1.54) is 0 Å². The van der Waals surface area contributed by atoms with Gasteiger partial charge in [0, 0.05) is 23.7 Å². The van der Waals surface area contributed by atoms with Crippen LogP contribution in [0.5, 0.6) is 0 Å². The number of benzene rings is 1. The zero-order valence-electron chi connectivity index (χ0n) is 11.2. The number of nitrogens with zero attached hydrogens (tertiary/aromatic N) is 1. The van der Waals surface area contributed by atoms with E-state index in [9.17, 15) is 18.0 Å². The quantitative estimate of drug-likeness (QED) is 0.867. The zero-order valence-corrected chi connectivity index (χ0v) is 12.0. The van der Waals surface area contributed by atoms with Gasteiger partial charge >= 0.3 is 12.2 Å². The van der Waals surface area contributed by atoms with Gasteiger partial charge < -0.3 is 5.32 Å². The SMILES string of the molecule is Cc1cc(C)c(N2CCNC2=O)cc1SCC(F)(F)F. The Hall–Kier alpha value is -1.37. The molecule has 1 aromatic rings. The minimum atomic E-state index is -4.20. The summed E-state index contributed by atoms with van der Waals surface area (Å²) < 4.78 is 37.0. The topological polar surface area (TPSA) is 32.3 Å². The third kappa shape index (κ3) is 3.39. The molecule has 3 nitrogen and oxygen atoms in total. The number of hydrogen-bond acceptors (Lipinski definition) is 2. The molecule has 0 aliphatic carbocycles. The van der Waals surface area contributed by atoms with Crippen molar-refractivity contribution in [2.24, 2.45) is 0 Å². The number of halogens is 3. The molecular formula is C13H15F3N2OS. The van der Waals surface area contributed by atoms with Gasteiger partial charge in [0.05, 0.1) is 5.75 Å². The number of aryl methyl sites for hydroxylation is 2. The number of alkyl halides is 3. The summed E-state index contributed by atoms with van der Waals surface area (Å²) in [5, 5.41) is 2.69. The van der Waals surface area contributed by atoms with Gasteiger partial charge in [-0.1, -0.05) is 6.07 Å². The molecule has 0 aromatic heterocycles. The van der Waals surface area contributed by atoms with Gasteiger partial charge in [0.25, 0.3) is 0 Å². The third-order valence-corrected chi connectivity index (χ3v) is 4.25. The number of rotatable bonds is 3. The number of nitrogens with one attached hydrogen (secondary N) is 1. The Morgan fingerprint density at radius 2 is 2.00 bits per heavy atom. The van der Waals surface area contributed by atoms with Crippen LogP contribution in [0.3, 0.4) is 0 Å². The molecule has 2 amide bonds. The van der Waals surface area contributed by atoms with Crippen LogP contribution in [-0.2, 0) is 0 Å². The molecule has 0 radical (unpaired) electrons. The first kappa shape index (κ1) is 15.0.